The lowest BCUT2D eigenvalue weighted by atomic mass is 9.95. The fourth-order valence-electron chi connectivity index (χ4n) is 1.88. The molecule has 0 N–H and O–H groups in total. The molecule has 0 amide bonds. The van der Waals surface area contributed by atoms with Gasteiger partial charge in [-0.25, -0.2) is 0 Å². The summed E-state index contributed by atoms with van der Waals surface area (Å²) in [7, 11) is 0. The molecular weight excluding hydrogens is 184 g/mol. The van der Waals surface area contributed by atoms with Gasteiger partial charge >= 0.3 is 0 Å². The first-order valence-electron chi connectivity index (χ1n) is 6.06. The number of unbranched alkanes of at least 4 members (excludes halogenated alkanes) is 2. The summed E-state index contributed by atoms with van der Waals surface area (Å²) in [6.45, 7) is 6.49. The summed E-state index contributed by atoms with van der Waals surface area (Å²) in [6.07, 6.45) is 10.1. The molecule has 1 unspecified atom stereocenters. The lowest BCUT2D eigenvalue weighted by Crippen LogP contribution is -2.02. The monoisotopic (exact) mass is 206 g/mol. The Morgan fingerprint density at radius 2 is 2.00 bits per heavy atom. The summed E-state index contributed by atoms with van der Waals surface area (Å²) >= 11 is 0. The van der Waals surface area contributed by atoms with Crippen LogP contribution < -0.4 is 0 Å². The van der Waals surface area contributed by atoms with E-state index in [1.54, 1.807) is 0 Å². The van der Waals surface area contributed by atoms with Crippen molar-refractivity contribution >= 4 is 0 Å². The van der Waals surface area contributed by atoms with Crippen LogP contribution in [0.5, 0.6) is 0 Å². The van der Waals surface area contributed by atoms with E-state index in [2.05, 4.69) is 23.8 Å². The van der Waals surface area contributed by atoms with Crippen LogP contribution in [0.15, 0.2) is 12.4 Å². The fourth-order valence-corrected chi connectivity index (χ4v) is 1.88. The first-order valence-corrected chi connectivity index (χ1v) is 6.06. The van der Waals surface area contributed by atoms with Crippen molar-refractivity contribution in [1.82, 2.24) is 9.97 Å². The molecule has 0 aliphatic rings. The molecule has 0 aliphatic heterocycles. The lowest BCUT2D eigenvalue weighted by molar-refractivity contribution is 0.540. The molecule has 84 valence electrons. The normalized spacial score (nSPS) is 12.7. The molecule has 0 bridgehead atoms. The van der Waals surface area contributed by atoms with E-state index >= 15 is 0 Å². The SMILES string of the molecule is CCCCCC(CC)c1cncc(C)n1. The maximum absolute atomic E-state index is 4.56. The van der Waals surface area contributed by atoms with Crippen molar-refractivity contribution in [2.75, 3.05) is 0 Å². The summed E-state index contributed by atoms with van der Waals surface area (Å²) in [4.78, 5) is 8.78. The van der Waals surface area contributed by atoms with Crippen LogP contribution in [0.4, 0.5) is 0 Å². The minimum Gasteiger partial charge on any atom is -0.261 e. The number of aryl methyl sites for hydroxylation is 1. The smallest absolute Gasteiger partial charge is 0.0620 e. The zero-order chi connectivity index (χ0) is 11.1. The number of hydrogen-bond acceptors (Lipinski definition) is 2. The molecule has 0 radical (unpaired) electrons. The number of aromatic nitrogens is 2. The number of nitrogens with zero attached hydrogens (tertiary/aromatic N) is 2. The molecule has 0 fully saturated rings. The van der Waals surface area contributed by atoms with Gasteiger partial charge in [0.1, 0.15) is 0 Å². The molecule has 1 heterocycles. The van der Waals surface area contributed by atoms with E-state index in [4.69, 9.17) is 0 Å². The Labute approximate surface area is 93.2 Å². The van der Waals surface area contributed by atoms with E-state index in [0.29, 0.717) is 5.92 Å². The van der Waals surface area contributed by atoms with Crippen LogP contribution in [0, 0.1) is 6.92 Å². The first kappa shape index (κ1) is 12.2. The molecule has 0 saturated carbocycles. The third-order valence-electron chi connectivity index (χ3n) is 2.84. The Bertz CT molecular complexity index is 284. The van der Waals surface area contributed by atoms with Crippen LogP contribution in [-0.2, 0) is 0 Å². The van der Waals surface area contributed by atoms with Gasteiger partial charge in [0.05, 0.1) is 11.4 Å². The highest BCUT2D eigenvalue weighted by Crippen LogP contribution is 2.23. The predicted molar refractivity (Wildman–Crippen MR) is 63.9 cm³/mol. The Morgan fingerprint density at radius 3 is 2.60 bits per heavy atom. The van der Waals surface area contributed by atoms with Gasteiger partial charge in [-0.3, -0.25) is 9.97 Å². The molecule has 1 aromatic heterocycles. The van der Waals surface area contributed by atoms with Gasteiger partial charge in [0.2, 0.25) is 0 Å². The summed E-state index contributed by atoms with van der Waals surface area (Å²) in [5.41, 5.74) is 2.20. The van der Waals surface area contributed by atoms with Crippen molar-refractivity contribution in [1.29, 1.82) is 0 Å². The second-order valence-electron chi connectivity index (χ2n) is 4.19. The Hall–Kier alpha value is -0.920. The van der Waals surface area contributed by atoms with Crippen molar-refractivity contribution in [3.05, 3.63) is 23.8 Å². The van der Waals surface area contributed by atoms with Crippen LogP contribution in [-0.4, -0.2) is 9.97 Å². The molecule has 1 atom stereocenters. The number of hydrogen-bond donors (Lipinski definition) is 0. The summed E-state index contributed by atoms with van der Waals surface area (Å²) < 4.78 is 0. The molecule has 15 heavy (non-hydrogen) atoms. The maximum atomic E-state index is 4.56. The quantitative estimate of drug-likeness (QED) is 0.660. The van der Waals surface area contributed by atoms with Crippen LogP contribution in [0.3, 0.4) is 0 Å². The maximum Gasteiger partial charge on any atom is 0.0620 e. The zero-order valence-corrected chi connectivity index (χ0v) is 10.2. The van der Waals surface area contributed by atoms with E-state index in [0.717, 1.165) is 5.69 Å². The van der Waals surface area contributed by atoms with E-state index in [-0.39, 0.29) is 0 Å². The van der Waals surface area contributed by atoms with Gasteiger partial charge in [-0.05, 0) is 19.8 Å². The molecule has 1 rings (SSSR count). The van der Waals surface area contributed by atoms with Crippen LogP contribution in [0.2, 0.25) is 0 Å². The zero-order valence-electron chi connectivity index (χ0n) is 10.2. The second-order valence-corrected chi connectivity index (χ2v) is 4.19. The van der Waals surface area contributed by atoms with Gasteiger partial charge in [0, 0.05) is 18.3 Å². The Balaban J connectivity index is 2.57. The molecule has 0 aliphatic carbocycles. The molecular formula is C13H22N2. The summed E-state index contributed by atoms with van der Waals surface area (Å²) in [5, 5.41) is 0. The highest BCUT2D eigenvalue weighted by Gasteiger charge is 2.10. The third-order valence-corrected chi connectivity index (χ3v) is 2.84. The minimum atomic E-state index is 0.601. The average Bonchev–Trinajstić information content (AvgIpc) is 2.24. The van der Waals surface area contributed by atoms with Crippen molar-refractivity contribution in [3.63, 3.8) is 0 Å². The molecule has 2 heteroatoms. The Morgan fingerprint density at radius 1 is 1.20 bits per heavy atom. The second kappa shape index (κ2) is 6.54. The van der Waals surface area contributed by atoms with Gasteiger partial charge < -0.3 is 0 Å². The minimum absolute atomic E-state index is 0.601. The van der Waals surface area contributed by atoms with Crippen LogP contribution in [0.1, 0.15) is 63.3 Å². The molecule has 0 spiro atoms. The first-order chi connectivity index (χ1) is 7.27. The highest BCUT2D eigenvalue weighted by molar-refractivity contribution is 5.07. The largest absolute Gasteiger partial charge is 0.261 e. The summed E-state index contributed by atoms with van der Waals surface area (Å²) in [5.74, 6) is 0.601. The predicted octanol–water partition coefficient (Wildman–Crippen LogP) is 3.86. The fraction of sp³-hybridized carbons (Fsp3) is 0.692. The number of rotatable bonds is 6. The van der Waals surface area contributed by atoms with Gasteiger partial charge in [-0.15, -0.1) is 0 Å². The van der Waals surface area contributed by atoms with E-state index in [1.807, 2.05) is 19.3 Å². The van der Waals surface area contributed by atoms with Gasteiger partial charge in [0.15, 0.2) is 0 Å². The topological polar surface area (TPSA) is 25.8 Å². The van der Waals surface area contributed by atoms with Gasteiger partial charge in [-0.1, -0.05) is 33.1 Å². The van der Waals surface area contributed by atoms with Crippen molar-refractivity contribution in [2.24, 2.45) is 0 Å². The Kier molecular flexibility index (Phi) is 5.30. The van der Waals surface area contributed by atoms with E-state index in [1.165, 1.54) is 37.8 Å². The van der Waals surface area contributed by atoms with E-state index in [9.17, 15) is 0 Å². The van der Waals surface area contributed by atoms with Crippen molar-refractivity contribution in [3.8, 4) is 0 Å². The van der Waals surface area contributed by atoms with Gasteiger partial charge in [0.25, 0.3) is 0 Å². The molecule has 2 nitrogen and oxygen atoms in total. The molecule has 0 saturated heterocycles. The van der Waals surface area contributed by atoms with Crippen LogP contribution in [0.25, 0.3) is 0 Å². The van der Waals surface area contributed by atoms with Gasteiger partial charge in [-0.2, -0.15) is 0 Å². The molecule has 1 aromatic rings. The standard InChI is InChI=1S/C13H22N2/c1-4-6-7-8-12(5-2)13-10-14-9-11(3)15-13/h9-10,12H,4-8H2,1-3H3. The van der Waals surface area contributed by atoms with Crippen molar-refractivity contribution < 1.29 is 0 Å². The third kappa shape index (κ3) is 3.98. The lowest BCUT2D eigenvalue weighted by Gasteiger charge is -2.13. The van der Waals surface area contributed by atoms with Crippen LogP contribution >= 0.6 is 0 Å². The van der Waals surface area contributed by atoms with Crippen molar-refractivity contribution in [2.45, 2.75) is 58.8 Å². The summed E-state index contributed by atoms with van der Waals surface area (Å²) in [6, 6.07) is 0. The molecule has 0 aromatic carbocycles. The average molecular weight is 206 g/mol. The highest BCUT2D eigenvalue weighted by atomic mass is 14.8. The van der Waals surface area contributed by atoms with E-state index < -0.39 is 0 Å².